The highest BCUT2D eigenvalue weighted by Gasteiger charge is 2.10. The van der Waals surface area contributed by atoms with Crippen molar-refractivity contribution in [2.24, 2.45) is 0 Å². The van der Waals surface area contributed by atoms with Gasteiger partial charge in [-0.1, -0.05) is 0 Å². The van der Waals surface area contributed by atoms with Crippen LogP contribution in [0.25, 0.3) is 11.3 Å². The molecule has 5 heteroatoms. The van der Waals surface area contributed by atoms with Crippen LogP contribution in [0.15, 0.2) is 24.4 Å². The fraction of sp³-hybridized carbons (Fsp3) is 0.0909. The van der Waals surface area contributed by atoms with Crippen LogP contribution >= 0.6 is 0 Å². The summed E-state index contributed by atoms with van der Waals surface area (Å²) in [5.41, 5.74) is 12.8. The third kappa shape index (κ3) is 1.79. The third-order valence-corrected chi connectivity index (χ3v) is 2.23. The Labute approximate surface area is 92.1 Å². The van der Waals surface area contributed by atoms with Crippen molar-refractivity contribution in [2.45, 2.75) is 6.92 Å². The van der Waals surface area contributed by atoms with E-state index in [9.17, 15) is 4.39 Å². The molecule has 0 spiro atoms. The highest BCUT2D eigenvalue weighted by atomic mass is 19.1. The second-order valence-corrected chi connectivity index (χ2v) is 3.50. The maximum absolute atomic E-state index is 13.8. The molecule has 1 aromatic carbocycles. The minimum atomic E-state index is -0.340. The molecule has 0 aliphatic carbocycles. The smallest absolute Gasteiger partial charge is 0.220 e. The van der Waals surface area contributed by atoms with E-state index in [-0.39, 0.29) is 11.8 Å². The molecule has 0 aliphatic rings. The zero-order valence-corrected chi connectivity index (χ0v) is 8.74. The molecule has 0 aliphatic heterocycles. The Hall–Kier alpha value is -2.17. The average Bonchev–Trinajstić information content (AvgIpc) is 2.23. The fourth-order valence-corrected chi connectivity index (χ4v) is 1.51. The molecule has 0 unspecified atom stereocenters. The third-order valence-electron chi connectivity index (χ3n) is 2.23. The molecule has 0 saturated carbocycles. The lowest BCUT2D eigenvalue weighted by Gasteiger charge is -2.07. The predicted molar refractivity (Wildman–Crippen MR) is 61.0 cm³/mol. The minimum absolute atomic E-state index is 0.108. The number of hydrogen-bond acceptors (Lipinski definition) is 4. The van der Waals surface area contributed by atoms with Gasteiger partial charge < -0.3 is 11.5 Å². The molecule has 1 heterocycles. The van der Waals surface area contributed by atoms with E-state index in [1.54, 1.807) is 19.1 Å². The number of nitrogens with zero attached hydrogens (tertiary/aromatic N) is 2. The van der Waals surface area contributed by atoms with Gasteiger partial charge in [0.15, 0.2) is 0 Å². The van der Waals surface area contributed by atoms with E-state index in [0.29, 0.717) is 22.5 Å². The van der Waals surface area contributed by atoms with Crippen molar-refractivity contribution in [1.29, 1.82) is 0 Å². The quantitative estimate of drug-likeness (QED) is 0.715. The lowest BCUT2D eigenvalue weighted by molar-refractivity contribution is 0.621. The van der Waals surface area contributed by atoms with Crippen LogP contribution in [0.1, 0.15) is 5.56 Å². The van der Waals surface area contributed by atoms with Crippen LogP contribution in [0.4, 0.5) is 16.0 Å². The number of anilines is 2. The summed E-state index contributed by atoms with van der Waals surface area (Å²) >= 11 is 0. The van der Waals surface area contributed by atoms with Crippen LogP contribution in [0.3, 0.4) is 0 Å². The molecular weight excluding hydrogens is 207 g/mol. The number of benzene rings is 1. The zero-order valence-electron chi connectivity index (χ0n) is 8.74. The molecular formula is C11H11FN4. The standard InChI is InChI=1S/C11H11FN4/c1-6-4-7(13)5-8(10(6)12)9-2-3-15-11(14)16-9/h2-5H,13H2,1H3,(H2,14,15,16). The summed E-state index contributed by atoms with van der Waals surface area (Å²) in [6, 6.07) is 4.70. The fourth-order valence-electron chi connectivity index (χ4n) is 1.51. The largest absolute Gasteiger partial charge is 0.399 e. The highest BCUT2D eigenvalue weighted by molar-refractivity contribution is 5.66. The van der Waals surface area contributed by atoms with Crippen molar-refractivity contribution < 1.29 is 4.39 Å². The van der Waals surface area contributed by atoms with Gasteiger partial charge >= 0.3 is 0 Å². The second kappa shape index (κ2) is 3.77. The van der Waals surface area contributed by atoms with Crippen LogP contribution in [-0.2, 0) is 0 Å². The number of nitrogens with two attached hydrogens (primary N) is 2. The first kappa shape index (κ1) is 10.4. The molecule has 0 radical (unpaired) electrons. The van der Waals surface area contributed by atoms with Gasteiger partial charge in [0, 0.05) is 17.4 Å². The van der Waals surface area contributed by atoms with Crippen LogP contribution in [0.5, 0.6) is 0 Å². The topological polar surface area (TPSA) is 77.8 Å². The van der Waals surface area contributed by atoms with Gasteiger partial charge in [0.05, 0.1) is 5.69 Å². The normalized spacial score (nSPS) is 10.4. The lowest BCUT2D eigenvalue weighted by Crippen LogP contribution is -1.98. The average molecular weight is 218 g/mol. The first-order valence-corrected chi connectivity index (χ1v) is 4.72. The van der Waals surface area contributed by atoms with E-state index in [0.717, 1.165) is 0 Å². The lowest BCUT2D eigenvalue weighted by atomic mass is 10.1. The first-order valence-electron chi connectivity index (χ1n) is 4.72. The van der Waals surface area contributed by atoms with Crippen LogP contribution in [-0.4, -0.2) is 9.97 Å². The monoisotopic (exact) mass is 218 g/mol. The Bertz CT molecular complexity index is 540. The summed E-state index contributed by atoms with van der Waals surface area (Å²) in [6.45, 7) is 1.65. The van der Waals surface area contributed by atoms with Crippen molar-refractivity contribution in [1.82, 2.24) is 9.97 Å². The molecule has 4 N–H and O–H groups in total. The van der Waals surface area contributed by atoms with E-state index in [1.807, 2.05) is 0 Å². The summed E-state index contributed by atoms with van der Waals surface area (Å²) in [5, 5.41) is 0. The van der Waals surface area contributed by atoms with Crippen LogP contribution in [0.2, 0.25) is 0 Å². The molecule has 16 heavy (non-hydrogen) atoms. The maximum atomic E-state index is 13.8. The first-order chi connectivity index (χ1) is 7.58. The molecule has 1 aromatic heterocycles. The van der Waals surface area contributed by atoms with Gasteiger partial charge in [-0.05, 0) is 30.7 Å². The van der Waals surface area contributed by atoms with Crippen molar-refractivity contribution in [3.05, 3.63) is 35.8 Å². The summed E-state index contributed by atoms with van der Waals surface area (Å²) < 4.78 is 13.8. The number of rotatable bonds is 1. The molecule has 0 saturated heterocycles. The van der Waals surface area contributed by atoms with E-state index < -0.39 is 0 Å². The zero-order chi connectivity index (χ0) is 11.7. The molecule has 2 aromatic rings. The van der Waals surface area contributed by atoms with Gasteiger partial charge in [-0.25, -0.2) is 14.4 Å². The Morgan fingerprint density at radius 2 is 2.00 bits per heavy atom. The van der Waals surface area contributed by atoms with Gasteiger partial charge in [0.1, 0.15) is 5.82 Å². The number of aryl methyl sites for hydroxylation is 1. The summed E-state index contributed by atoms with van der Waals surface area (Å²) in [6.07, 6.45) is 1.48. The Kier molecular flexibility index (Phi) is 2.44. The molecule has 82 valence electrons. The Balaban J connectivity index is 2.64. The van der Waals surface area contributed by atoms with Crippen molar-refractivity contribution in [3.63, 3.8) is 0 Å². The van der Waals surface area contributed by atoms with E-state index in [2.05, 4.69) is 9.97 Å². The van der Waals surface area contributed by atoms with Crippen molar-refractivity contribution in [2.75, 3.05) is 11.5 Å². The van der Waals surface area contributed by atoms with Gasteiger partial charge in [0.25, 0.3) is 0 Å². The molecule has 4 nitrogen and oxygen atoms in total. The predicted octanol–water partition coefficient (Wildman–Crippen LogP) is 1.76. The van der Waals surface area contributed by atoms with Gasteiger partial charge in [-0.2, -0.15) is 0 Å². The molecule has 0 bridgehead atoms. The number of halogens is 1. The summed E-state index contributed by atoms with van der Waals surface area (Å²) in [7, 11) is 0. The Morgan fingerprint density at radius 3 is 2.69 bits per heavy atom. The van der Waals surface area contributed by atoms with Gasteiger partial charge in [-0.3, -0.25) is 0 Å². The SMILES string of the molecule is Cc1cc(N)cc(-c2ccnc(N)n2)c1F. The number of aromatic nitrogens is 2. The molecule has 0 atom stereocenters. The van der Waals surface area contributed by atoms with Crippen molar-refractivity contribution >= 4 is 11.6 Å². The Morgan fingerprint density at radius 1 is 1.25 bits per heavy atom. The van der Waals surface area contributed by atoms with E-state index >= 15 is 0 Å². The van der Waals surface area contributed by atoms with Gasteiger partial charge in [0.2, 0.25) is 5.95 Å². The van der Waals surface area contributed by atoms with Gasteiger partial charge in [-0.15, -0.1) is 0 Å². The van der Waals surface area contributed by atoms with E-state index in [1.165, 1.54) is 12.3 Å². The highest BCUT2D eigenvalue weighted by Crippen LogP contribution is 2.26. The maximum Gasteiger partial charge on any atom is 0.220 e. The van der Waals surface area contributed by atoms with Crippen LogP contribution in [0, 0.1) is 12.7 Å². The summed E-state index contributed by atoms with van der Waals surface area (Å²) in [4.78, 5) is 7.71. The minimum Gasteiger partial charge on any atom is -0.399 e. The number of hydrogen-bond donors (Lipinski definition) is 2. The van der Waals surface area contributed by atoms with Crippen LogP contribution < -0.4 is 11.5 Å². The number of nitrogen functional groups attached to an aromatic ring is 2. The molecule has 2 rings (SSSR count). The summed E-state index contributed by atoms with van der Waals surface area (Å²) in [5.74, 6) is -0.232. The molecule has 0 fully saturated rings. The second-order valence-electron chi connectivity index (χ2n) is 3.50. The molecule has 0 amide bonds. The van der Waals surface area contributed by atoms with E-state index in [4.69, 9.17) is 11.5 Å². The van der Waals surface area contributed by atoms with Crippen molar-refractivity contribution in [3.8, 4) is 11.3 Å².